The highest BCUT2D eigenvalue weighted by molar-refractivity contribution is 5.83. The first-order valence-corrected chi connectivity index (χ1v) is 14.7. The Morgan fingerprint density at radius 3 is 2.90 bits per heavy atom. The highest BCUT2D eigenvalue weighted by atomic mass is 16.5. The second-order valence-electron chi connectivity index (χ2n) is 10.7. The lowest BCUT2D eigenvalue weighted by atomic mass is 10.2. The van der Waals surface area contributed by atoms with E-state index in [1.807, 2.05) is 11.0 Å². The van der Waals surface area contributed by atoms with Crippen LogP contribution in [0.4, 0.5) is 5.82 Å². The van der Waals surface area contributed by atoms with Crippen LogP contribution < -0.4 is 25.4 Å². The van der Waals surface area contributed by atoms with E-state index in [-0.39, 0.29) is 18.6 Å². The Balaban J connectivity index is 1.07. The van der Waals surface area contributed by atoms with Crippen LogP contribution in [0.2, 0.25) is 0 Å². The van der Waals surface area contributed by atoms with Gasteiger partial charge in [0.2, 0.25) is 0 Å². The molecule has 222 valence electrons. The highest BCUT2D eigenvalue weighted by Crippen LogP contribution is 2.28. The number of carbonyl (C=O) groups excluding carboxylic acids is 1. The standard InChI is InChI=1S/C30H38N8O4/c1-2-41-26(39)17-31-30(40)37-15-13-36(14-16-37)22-9-8-21-5-3-7-25(24(21)11-10-22)42-18-23-6-4-12-38(23)29-27-28(33-19-32-27)34-20-35-29/h3,5,7-9,11,19-20,23,30-31,40H,2,4,6,10,12-18H2,1H3,(H,32,33,34,35). The van der Waals surface area contributed by atoms with Crippen molar-refractivity contribution < 1.29 is 19.4 Å². The number of imidazole rings is 1. The molecular weight excluding hydrogens is 536 g/mol. The average molecular weight is 575 g/mol. The van der Waals surface area contributed by atoms with E-state index < -0.39 is 6.35 Å². The van der Waals surface area contributed by atoms with Gasteiger partial charge in [-0.15, -0.1) is 0 Å². The van der Waals surface area contributed by atoms with E-state index in [2.05, 4.69) is 65.4 Å². The normalized spacial score (nSPS) is 19.9. The Labute approximate surface area is 244 Å². The lowest BCUT2D eigenvalue weighted by Gasteiger charge is -2.39. The Hall–Kier alpha value is -4.00. The minimum Gasteiger partial charge on any atom is -0.491 e. The van der Waals surface area contributed by atoms with Gasteiger partial charge in [-0.25, -0.2) is 15.0 Å². The maximum Gasteiger partial charge on any atom is 0.320 e. The van der Waals surface area contributed by atoms with Crippen LogP contribution in [-0.4, -0.2) is 106 Å². The minimum absolute atomic E-state index is 0.0134. The van der Waals surface area contributed by atoms with Gasteiger partial charge in [0.05, 0.1) is 25.5 Å². The molecule has 0 bridgehead atoms. The van der Waals surface area contributed by atoms with Crippen molar-refractivity contribution in [3.8, 4) is 5.75 Å². The molecule has 4 heterocycles. The first-order valence-electron chi connectivity index (χ1n) is 14.7. The number of allylic oxidation sites excluding steroid dienone is 2. The predicted octanol–water partition coefficient (Wildman–Crippen LogP) is 0.296. The molecule has 0 radical (unpaired) electrons. The van der Waals surface area contributed by atoms with Gasteiger partial charge in [0.25, 0.3) is 0 Å². The fourth-order valence-corrected chi connectivity index (χ4v) is 5.96. The maximum absolute atomic E-state index is 11.6. The summed E-state index contributed by atoms with van der Waals surface area (Å²) in [5.41, 5.74) is 2.78. The molecule has 2 aromatic heterocycles. The molecule has 42 heavy (non-hydrogen) atoms. The molecule has 1 aliphatic carbocycles. The zero-order valence-corrected chi connectivity index (χ0v) is 23.9. The Morgan fingerprint density at radius 2 is 2.05 bits per heavy atom. The number of hydrogen-bond acceptors (Lipinski definition) is 11. The zero-order valence-electron chi connectivity index (χ0n) is 23.9. The lowest BCUT2D eigenvalue weighted by molar-refractivity contribution is -0.144. The largest absolute Gasteiger partial charge is 0.491 e. The maximum atomic E-state index is 11.6. The summed E-state index contributed by atoms with van der Waals surface area (Å²) in [7, 11) is 0. The molecule has 2 atom stereocenters. The summed E-state index contributed by atoms with van der Waals surface area (Å²) in [6.45, 7) is 6.51. The number of fused-ring (bicyclic) bond motifs is 2. The molecule has 12 nitrogen and oxygen atoms in total. The summed E-state index contributed by atoms with van der Waals surface area (Å²) in [6.07, 6.45) is 11.9. The smallest absolute Gasteiger partial charge is 0.320 e. The third kappa shape index (κ3) is 6.10. The van der Waals surface area contributed by atoms with Crippen molar-refractivity contribution in [1.29, 1.82) is 0 Å². The van der Waals surface area contributed by atoms with Crippen molar-refractivity contribution in [3.05, 3.63) is 53.1 Å². The number of esters is 1. The molecule has 3 aliphatic rings. The number of hydrogen-bond donors (Lipinski definition) is 3. The van der Waals surface area contributed by atoms with Gasteiger partial charge in [0.1, 0.15) is 24.2 Å². The van der Waals surface area contributed by atoms with E-state index in [4.69, 9.17) is 9.47 Å². The first kappa shape index (κ1) is 28.1. The predicted molar refractivity (Wildman–Crippen MR) is 159 cm³/mol. The van der Waals surface area contributed by atoms with Gasteiger partial charge in [-0.1, -0.05) is 24.3 Å². The Morgan fingerprint density at radius 1 is 1.17 bits per heavy atom. The third-order valence-electron chi connectivity index (χ3n) is 8.15. The quantitative estimate of drug-likeness (QED) is 0.228. The second kappa shape index (κ2) is 12.9. The number of aromatic nitrogens is 4. The zero-order chi connectivity index (χ0) is 28.9. The van der Waals surface area contributed by atoms with Gasteiger partial charge >= 0.3 is 5.97 Å². The molecule has 3 N–H and O–H groups in total. The number of piperazine rings is 1. The average Bonchev–Trinajstić information content (AvgIpc) is 3.64. The molecule has 2 unspecified atom stereocenters. The van der Waals surface area contributed by atoms with Crippen LogP contribution in [0, 0.1) is 0 Å². The number of nitrogens with one attached hydrogen (secondary N) is 2. The highest BCUT2D eigenvalue weighted by Gasteiger charge is 2.29. The van der Waals surface area contributed by atoms with Gasteiger partial charge in [0, 0.05) is 50.1 Å². The van der Waals surface area contributed by atoms with Gasteiger partial charge in [0.15, 0.2) is 17.8 Å². The second-order valence-corrected chi connectivity index (χ2v) is 10.7. The summed E-state index contributed by atoms with van der Waals surface area (Å²) < 4.78 is 11.4. The number of anilines is 1. The van der Waals surface area contributed by atoms with E-state index >= 15 is 0 Å². The van der Waals surface area contributed by atoms with Crippen molar-refractivity contribution in [2.75, 3.05) is 57.4 Å². The van der Waals surface area contributed by atoms with Crippen molar-refractivity contribution in [2.45, 2.75) is 38.6 Å². The molecule has 0 amide bonds. The van der Waals surface area contributed by atoms with Gasteiger partial charge in [-0.2, -0.15) is 0 Å². The number of benzene rings is 1. The number of rotatable bonds is 10. The minimum atomic E-state index is -0.877. The topological polar surface area (TPSA) is 132 Å². The molecule has 0 spiro atoms. The molecule has 12 heteroatoms. The summed E-state index contributed by atoms with van der Waals surface area (Å²) >= 11 is 0. The van der Waals surface area contributed by atoms with Crippen LogP contribution in [0.15, 0.2) is 42.6 Å². The number of aliphatic hydroxyl groups excluding tert-OH is 1. The molecule has 2 fully saturated rings. The molecule has 2 saturated heterocycles. The van der Waals surface area contributed by atoms with E-state index in [9.17, 15) is 9.90 Å². The first-order chi connectivity index (χ1) is 20.6. The summed E-state index contributed by atoms with van der Waals surface area (Å²) in [6, 6.07) is 6.43. The Bertz CT molecular complexity index is 1550. The summed E-state index contributed by atoms with van der Waals surface area (Å²) in [4.78, 5) is 34.5. The van der Waals surface area contributed by atoms with Crippen LogP contribution in [0.25, 0.3) is 23.3 Å². The summed E-state index contributed by atoms with van der Waals surface area (Å²) in [5, 5.41) is 15.6. The number of carbonyl (C=O) groups is 1. The lowest BCUT2D eigenvalue weighted by Crippen LogP contribution is -2.55. The Kier molecular flexibility index (Phi) is 8.63. The number of aromatic amines is 1. The van der Waals surface area contributed by atoms with Crippen molar-refractivity contribution in [2.24, 2.45) is 0 Å². The van der Waals surface area contributed by atoms with E-state index in [0.29, 0.717) is 32.0 Å². The monoisotopic (exact) mass is 574 g/mol. The fraction of sp³-hybridized carbons (Fsp3) is 0.467. The van der Waals surface area contributed by atoms with Crippen molar-refractivity contribution >= 4 is 35.1 Å². The number of nitrogens with zero attached hydrogens (tertiary/aromatic N) is 6. The van der Waals surface area contributed by atoms with Crippen molar-refractivity contribution in [3.63, 3.8) is 0 Å². The van der Waals surface area contributed by atoms with E-state index in [0.717, 1.165) is 66.4 Å². The fourth-order valence-electron chi connectivity index (χ4n) is 5.96. The van der Waals surface area contributed by atoms with Crippen LogP contribution in [0.3, 0.4) is 0 Å². The van der Waals surface area contributed by atoms with E-state index in [1.54, 1.807) is 19.6 Å². The molecule has 0 saturated carbocycles. The van der Waals surface area contributed by atoms with Crippen molar-refractivity contribution in [1.82, 2.24) is 35.1 Å². The summed E-state index contributed by atoms with van der Waals surface area (Å²) in [5.74, 6) is 1.40. The molecular formula is C30H38N8O4. The molecule has 3 aromatic rings. The third-order valence-corrected chi connectivity index (χ3v) is 8.15. The van der Waals surface area contributed by atoms with Gasteiger partial charge in [-0.05, 0) is 37.1 Å². The van der Waals surface area contributed by atoms with Crippen LogP contribution >= 0.6 is 0 Å². The SMILES string of the molecule is CCOC(=O)CNC(O)N1CCN(C2=CC=c3cccc(OCC4CCCN4c4ncnc5nc[nH]c45)c3=CC2)CC1. The number of ether oxygens (including phenoxy) is 2. The molecule has 1 aromatic carbocycles. The van der Waals surface area contributed by atoms with Gasteiger partial charge < -0.3 is 29.4 Å². The van der Waals surface area contributed by atoms with Crippen LogP contribution in [0.5, 0.6) is 5.75 Å². The van der Waals surface area contributed by atoms with Gasteiger partial charge in [-0.3, -0.25) is 15.0 Å². The van der Waals surface area contributed by atoms with Crippen LogP contribution in [-0.2, 0) is 9.53 Å². The van der Waals surface area contributed by atoms with E-state index in [1.165, 1.54) is 5.70 Å². The number of aliphatic hydroxyl groups is 1. The molecule has 2 aliphatic heterocycles. The molecule has 6 rings (SSSR count). The van der Waals surface area contributed by atoms with Crippen LogP contribution in [0.1, 0.15) is 26.2 Å². The number of H-pyrrole nitrogens is 1.